The molecule has 1 atom stereocenters. The summed E-state index contributed by atoms with van der Waals surface area (Å²) >= 11 is 2.35. The summed E-state index contributed by atoms with van der Waals surface area (Å²) in [6, 6.07) is 12.1. The fourth-order valence-electron chi connectivity index (χ4n) is 4.24. The van der Waals surface area contributed by atoms with Gasteiger partial charge >= 0.3 is 0 Å². The predicted octanol–water partition coefficient (Wildman–Crippen LogP) is 5.29. The van der Waals surface area contributed by atoms with Crippen LogP contribution in [-0.2, 0) is 14.3 Å². The molecule has 10 heteroatoms. The Kier molecular flexibility index (Phi) is 11.5. The molecule has 1 aliphatic rings. The van der Waals surface area contributed by atoms with Gasteiger partial charge < -0.3 is 24.8 Å². The molecule has 0 saturated heterocycles. The Morgan fingerprint density at radius 2 is 1.90 bits per heavy atom. The van der Waals surface area contributed by atoms with E-state index in [0.29, 0.717) is 49.5 Å². The number of hydrogen-bond acceptors (Lipinski definition) is 8. The van der Waals surface area contributed by atoms with Crippen molar-refractivity contribution in [2.24, 2.45) is 5.92 Å². The molecule has 1 fully saturated rings. The number of benzene rings is 2. The average Bonchev–Trinajstić information content (AvgIpc) is 3.78. The molecule has 1 amide bonds. The molecule has 2 aromatic carbocycles. The first-order chi connectivity index (χ1) is 19.5. The largest absolute Gasteiger partial charge is 0.491 e. The van der Waals surface area contributed by atoms with Gasteiger partial charge in [0, 0.05) is 55.0 Å². The van der Waals surface area contributed by atoms with Gasteiger partial charge in [-0.25, -0.2) is 9.97 Å². The van der Waals surface area contributed by atoms with E-state index in [4.69, 9.17) is 14.2 Å². The van der Waals surface area contributed by atoms with E-state index < -0.39 is 0 Å². The number of anilines is 2. The Morgan fingerprint density at radius 3 is 2.60 bits per heavy atom. The van der Waals surface area contributed by atoms with Gasteiger partial charge in [-0.05, 0) is 66.0 Å². The molecule has 0 spiro atoms. The van der Waals surface area contributed by atoms with Gasteiger partial charge in [0.15, 0.2) is 0 Å². The molecule has 0 radical (unpaired) electrons. The number of nitrogens with zero attached hydrogens (tertiary/aromatic N) is 3. The number of methoxy groups -OCH3 is 2. The second-order valence-corrected chi connectivity index (χ2v) is 11.1. The van der Waals surface area contributed by atoms with Crippen LogP contribution in [0.15, 0.2) is 54.9 Å². The minimum absolute atomic E-state index is 0.0251. The molecule has 40 heavy (non-hydrogen) atoms. The first-order valence-electron chi connectivity index (χ1n) is 13.6. The fourth-order valence-corrected chi connectivity index (χ4v) is 5.09. The summed E-state index contributed by atoms with van der Waals surface area (Å²) in [5, 5.41) is 7.37. The fraction of sp³-hybridized carbons (Fsp3) is 0.433. The predicted molar refractivity (Wildman–Crippen MR) is 167 cm³/mol. The molecule has 2 N–H and O–H groups in total. The maximum atomic E-state index is 13.0. The molecule has 1 heterocycles. The Morgan fingerprint density at radius 1 is 1.15 bits per heavy atom. The molecule has 0 aliphatic heterocycles. The second-order valence-electron chi connectivity index (χ2n) is 9.91. The zero-order valence-corrected chi connectivity index (χ0v) is 25.5. The number of nitrogens with one attached hydrogen (secondary N) is 2. The van der Waals surface area contributed by atoms with Crippen LogP contribution in [0.4, 0.5) is 11.5 Å². The van der Waals surface area contributed by atoms with E-state index >= 15 is 0 Å². The van der Waals surface area contributed by atoms with Crippen molar-refractivity contribution in [1.29, 1.82) is 0 Å². The van der Waals surface area contributed by atoms with Gasteiger partial charge in [0.05, 0.1) is 37.1 Å². The van der Waals surface area contributed by atoms with Crippen LogP contribution in [0.3, 0.4) is 0 Å². The third-order valence-corrected chi connectivity index (χ3v) is 7.73. The third-order valence-electron chi connectivity index (χ3n) is 6.75. The minimum atomic E-state index is -0.229. The number of ether oxygens (including phenoxy) is 3. The van der Waals surface area contributed by atoms with Crippen LogP contribution >= 0.6 is 22.6 Å². The number of hydrogen-bond donors (Lipinski definition) is 2. The molecule has 1 aliphatic carbocycles. The molecule has 4 rings (SSSR count). The Labute approximate surface area is 249 Å². The van der Waals surface area contributed by atoms with Gasteiger partial charge in [0.1, 0.15) is 17.9 Å². The van der Waals surface area contributed by atoms with Gasteiger partial charge in [-0.3, -0.25) is 9.69 Å². The Balaban J connectivity index is 1.54. The SMILES string of the molecule is COCCN(CC=CC(=O)Nc1cc2c(NC(C)c3ccccc3I)ncnc2cc1OCC1CC1)CCOC. The first kappa shape index (κ1) is 30.2. The highest BCUT2D eigenvalue weighted by Gasteiger charge is 2.23. The van der Waals surface area contributed by atoms with Gasteiger partial charge in [-0.2, -0.15) is 0 Å². The van der Waals surface area contributed by atoms with E-state index in [2.05, 4.69) is 67.1 Å². The molecule has 1 unspecified atom stereocenters. The summed E-state index contributed by atoms with van der Waals surface area (Å²) in [5.74, 6) is 1.65. The lowest BCUT2D eigenvalue weighted by molar-refractivity contribution is -0.111. The van der Waals surface area contributed by atoms with Crippen LogP contribution in [0.25, 0.3) is 10.9 Å². The number of halogens is 1. The number of rotatable bonds is 16. The normalized spacial score (nSPS) is 14.1. The number of carbonyl (C=O) groups excluding carboxylic acids is 1. The summed E-state index contributed by atoms with van der Waals surface area (Å²) in [5.41, 5.74) is 2.53. The average molecular weight is 660 g/mol. The lowest BCUT2D eigenvalue weighted by Gasteiger charge is -2.19. The number of carbonyl (C=O) groups is 1. The molecular formula is C30H38IN5O4. The smallest absolute Gasteiger partial charge is 0.248 e. The molecule has 0 bridgehead atoms. The van der Waals surface area contributed by atoms with E-state index in [0.717, 1.165) is 24.0 Å². The standard InChI is InChI=1S/C30H38IN5O4/c1-21(23-7-4-5-8-25(23)31)34-30-24-17-27(28(40-19-22-10-11-22)18-26(24)32-20-33-30)35-29(37)9-6-12-36(13-15-38-2)14-16-39-3/h4-9,17-18,20-22H,10-16,19H2,1-3H3,(H,35,37)(H,32,33,34). The molecular weight excluding hydrogens is 621 g/mol. The van der Waals surface area contributed by atoms with Crippen molar-refractivity contribution in [1.82, 2.24) is 14.9 Å². The summed E-state index contributed by atoms with van der Waals surface area (Å²) in [6.07, 6.45) is 7.31. The van der Waals surface area contributed by atoms with Crippen molar-refractivity contribution >= 4 is 50.9 Å². The molecule has 214 valence electrons. The van der Waals surface area contributed by atoms with E-state index in [1.165, 1.54) is 22.0 Å². The monoisotopic (exact) mass is 659 g/mol. The highest BCUT2D eigenvalue weighted by atomic mass is 127. The van der Waals surface area contributed by atoms with Crippen LogP contribution in [0.1, 0.15) is 31.4 Å². The zero-order valence-electron chi connectivity index (χ0n) is 23.4. The Hall–Kier alpha value is -2.80. The zero-order chi connectivity index (χ0) is 28.3. The van der Waals surface area contributed by atoms with Crippen LogP contribution in [0.2, 0.25) is 0 Å². The Bertz CT molecular complexity index is 1290. The summed E-state index contributed by atoms with van der Waals surface area (Å²) < 4.78 is 17.7. The van der Waals surface area contributed by atoms with E-state index in [-0.39, 0.29) is 11.9 Å². The van der Waals surface area contributed by atoms with Crippen LogP contribution < -0.4 is 15.4 Å². The van der Waals surface area contributed by atoms with Gasteiger partial charge in [0.25, 0.3) is 0 Å². The lowest BCUT2D eigenvalue weighted by Crippen LogP contribution is -2.31. The van der Waals surface area contributed by atoms with Crippen LogP contribution in [0, 0.1) is 9.49 Å². The molecule has 3 aromatic rings. The number of amides is 1. The highest BCUT2D eigenvalue weighted by molar-refractivity contribution is 14.1. The van der Waals surface area contributed by atoms with Crippen molar-refractivity contribution in [3.8, 4) is 5.75 Å². The molecule has 9 nitrogen and oxygen atoms in total. The lowest BCUT2D eigenvalue weighted by atomic mass is 10.1. The number of aromatic nitrogens is 2. The van der Waals surface area contributed by atoms with Gasteiger partial charge in [-0.1, -0.05) is 24.3 Å². The van der Waals surface area contributed by atoms with E-state index in [9.17, 15) is 4.79 Å². The first-order valence-corrected chi connectivity index (χ1v) is 14.7. The third kappa shape index (κ3) is 8.85. The van der Waals surface area contributed by atoms with Crippen molar-refractivity contribution in [3.63, 3.8) is 0 Å². The summed E-state index contributed by atoms with van der Waals surface area (Å²) in [4.78, 5) is 24.2. The minimum Gasteiger partial charge on any atom is -0.491 e. The topological polar surface area (TPSA) is 97.8 Å². The van der Waals surface area contributed by atoms with Gasteiger partial charge in [-0.15, -0.1) is 0 Å². The quantitative estimate of drug-likeness (QED) is 0.158. The van der Waals surface area contributed by atoms with Crippen LogP contribution in [0.5, 0.6) is 5.75 Å². The van der Waals surface area contributed by atoms with E-state index in [1.54, 1.807) is 26.6 Å². The number of fused-ring (bicyclic) bond motifs is 1. The van der Waals surface area contributed by atoms with E-state index in [1.807, 2.05) is 30.3 Å². The van der Waals surface area contributed by atoms with Crippen LogP contribution in [-0.4, -0.2) is 74.4 Å². The molecule has 1 aromatic heterocycles. The van der Waals surface area contributed by atoms with Crippen molar-refractivity contribution in [3.05, 3.63) is 64.0 Å². The maximum Gasteiger partial charge on any atom is 0.248 e. The second kappa shape index (κ2) is 15.3. The molecule has 1 saturated carbocycles. The van der Waals surface area contributed by atoms with Crippen molar-refractivity contribution < 1.29 is 19.0 Å². The van der Waals surface area contributed by atoms with Crippen molar-refractivity contribution in [2.45, 2.75) is 25.8 Å². The summed E-state index contributed by atoms with van der Waals surface area (Å²) in [6.45, 7) is 6.08. The van der Waals surface area contributed by atoms with Gasteiger partial charge in [0.2, 0.25) is 5.91 Å². The van der Waals surface area contributed by atoms with Crippen molar-refractivity contribution in [2.75, 3.05) is 64.3 Å². The summed E-state index contributed by atoms with van der Waals surface area (Å²) in [7, 11) is 3.36. The maximum absolute atomic E-state index is 13.0. The highest BCUT2D eigenvalue weighted by Crippen LogP contribution is 2.36.